The highest BCUT2D eigenvalue weighted by Crippen LogP contribution is 2.32. The van der Waals surface area contributed by atoms with Crippen LogP contribution in [0.2, 0.25) is 0 Å². The maximum absolute atomic E-state index is 12.8. The zero-order valence-corrected chi connectivity index (χ0v) is 16.3. The normalized spacial score (nSPS) is 12.4. The number of nitrogens with zero attached hydrogens (tertiary/aromatic N) is 2. The Morgan fingerprint density at radius 1 is 1.25 bits per heavy atom. The molecule has 1 unspecified atom stereocenters. The van der Waals surface area contributed by atoms with Gasteiger partial charge in [-0.25, -0.2) is 13.8 Å². The molecule has 0 amide bonds. The largest absolute Gasteiger partial charge is 0.492 e. The number of rotatable bonds is 8. The number of H-pyrrole nitrogens is 1. The number of nitrogens with one attached hydrogen (secondary N) is 1. The van der Waals surface area contributed by atoms with Crippen LogP contribution in [-0.2, 0) is 16.6 Å². The molecule has 0 saturated carbocycles. The third-order valence-corrected chi connectivity index (χ3v) is 5.21. The molecule has 0 bridgehead atoms. The molecule has 0 saturated heterocycles. The summed E-state index contributed by atoms with van der Waals surface area (Å²) in [5.41, 5.74) is 2.43. The summed E-state index contributed by atoms with van der Waals surface area (Å²) in [6, 6.07) is 4.71. The van der Waals surface area contributed by atoms with E-state index in [1.807, 2.05) is 6.92 Å². The average molecular weight is 411 g/mol. The van der Waals surface area contributed by atoms with Crippen molar-refractivity contribution in [3.8, 4) is 17.2 Å². The Morgan fingerprint density at radius 2 is 2.04 bits per heavy atom. The molecule has 2 heterocycles. The van der Waals surface area contributed by atoms with Crippen molar-refractivity contribution in [3.63, 3.8) is 0 Å². The molecule has 2 aromatic heterocycles. The molecule has 28 heavy (non-hydrogen) atoms. The Bertz CT molecular complexity index is 1010. The van der Waals surface area contributed by atoms with Crippen LogP contribution in [0.25, 0.3) is 11.0 Å². The van der Waals surface area contributed by atoms with Crippen LogP contribution >= 0.6 is 0 Å². The van der Waals surface area contributed by atoms with Crippen LogP contribution in [-0.4, -0.2) is 46.4 Å². The van der Waals surface area contributed by atoms with E-state index >= 15 is 0 Å². The first-order valence-corrected chi connectivity index (χ1v) is 9.60. The summed E-state index contributed by atoms with van der Waals surface area (Å²) in [5.74, 6) is 1.44. The molecule has 10 heteroatoms. The maximum atomic E-state index is 12.8. The Kier molecular flexibility index (Phi) is 6.08. The molecule has 0 aliphatic heterocycles. The summed E-state index contributed by atoms with van der Waals surface area (Å²) < 4.78 is 52.9. The Balaban J connectivity index is 1.82. The van der Waals surface area contributed by atoms with Crippen LogP contribution in [0.3, 0.4) is 0 Å². The van der Waals surface area contributed by atoms with Gasteiger partial charge in [0.25, 0.3) is 6.43 Å². The van der Waals surface area contributed by atoms with Crippen molar-refractivity contribution in [1.82, 2.24) is 15.0 Å². The van der Waals surface area contributed by atoms with Gasteiger partial charge >= 0.3 is 0 Å². The molecule has 0 aliphatic rings. The molecule has 1 aromatic carbocycles. The van der Waals surface area contributed by atoms with E-state index in [4.69, 9.17) is 14.2 Å². The van der Waals surface area contributed by atoms with Crippen LogP contribution in [0.1, 0.15) is 11.3 Å². The van der Waals surface area contributed by atoms with Gasteiger partial charge in [0.15, 0.2) is 16.7 Å². The summed E-state index contributed by atoms with van der Waals surface area (Å²) in [5, 5.41) is 0.261. The molecular formula is C18H19F2N3O4S. The SMILES string of the molecule is COc1cnc(CS(=O)c2nc3ccc(OCC(F)F)cc3[nH]2)c(C)c1OC. The molecule has 1 atom stereocenters. The Labute approximate surface area is 162 Å². The lowest BCUT2D eigenvalue weighted by Gasteiger charge is -2.12. The molecule has 1 N–H and O–H groups in total. The lowest BCUT2D eigenvalue weighted by molar-refractivity contribution is 0.0819. The molecule has 7 nitrogen and oxygen atoms in total. The number of methoxy groups -OCH3 is 2. The number of alkyl halides is 2. The number of ether oxygens (including phenoxy) is 3. The average Bonchev–Trinajstić information content (AvgIpc) is 3.11. The van der Waals surface area contributed by atoms with Crippen LogP contribution in [0, 0.1) is 6.92 Å². The number of aromatic amines is 1. The van der Waals surface area contributed by atoms with Crippen molar-refractivity contribution < 1.29 is 27.2 Å². The highest BCUT2D eigenvalue weighted by molar-refractivity contribution is 7.84. The highest BCUT2D eigenvalue weighted by atomic mass is 32.2. The molecule has 0 aliphatic carbocycles. The smallest absolute Gasteiger partial charge is 0.272 e. The molecule has 0 fully saturated rings. The van der Waals surface area contributed by atoms with E-state index in [0.717, 1.165) is 5.56 Å². The van der Waals surface area contributed by atoms with Gasteiger partial charge in [-0.05, 0) is 19.1 Å². The van der Waals surface area contributed by atoms with Crippen molar-refractivity contribution in [1.29, 1.82) is 0 Å². The van der Waals surface area contributed by atoms with Gasteiger partial charge < -0.3 is 19.2 Å². The Hall–Kier alpha value is -2.75. The lowest BCUT2D eigenvalue weighted by Crippen LogP contribution is -2.06. The zero-order chi connectivity index (χ0) is 20.3. The summed E-state index contributed by atoms with van der Waals surface area (Å²) in [4.78, 5) is 11.6. The van der Waals surface area contributed by atoms with Gasteiger partial charge in [0, 0.05) is 11.6 Å². The van der Waals surface area contributed by atoms with Gasteiger partial charge in [0.05, 0.1) is 53.7 Å². The van der Waals surface area contributed by atoms with Gasteiger partial charge in [0.1, 0.15) is 12.4 Å². The zero-order valence-electron chi connectivity index (χ0n) is 15.5. The molecule has 3 aromatic rings. The predicted octanol–water partition coefficient (Wildman–Crippen LogP) is 3.24. The standard InChI is InChI=1S/C18H19F2N3O4S/c1-10-14(21-7-15(25-2)17(10)26-3)9-28(24)18-22-12-5-4-11(6-13(12)23-18)27-8-16(19)20/h4-7,16H,8-9H2,1-3H3,(H,22,23). The summed E-state index contributed by atoms with van der Waals surface area (Å²) in [7, 11) is 1.54. The number of aromatic nitrogens is 3. The number of hydrogen-bond donors (Lipinski definition) is 1. The first-order valence-electron chi connectivity index (χ1n) is 8.28. The first-order chi connectivity index (χ1) is 13.4. The van der Waals surface area contributed by atoms with E-state index in [1.54, 1.807) is 12.1 Å². The topological polar surface area (TPSA) is 86.3 Å². The summed E-state index contributed by atoms with van der Waals surface area (Å²) >= 11 is 0. The molecule has 3 rings (SSSR count). The lowest BCUT2D eigenvalue weighted by atomic mass is 10.2. The molecule has 0 spiro atoms. The number of fused-ring (bicyclic) bond motifs is 1. The quantitative estimate of drug-likeness (QED) is 0.613. The van der Waals surface area contributed by atoms with Gasteiger partial charge in [-0.15, -0.1) is 0 Å². The van der Waals surface area contributed by atoms with Crippen molar-refractivity contribution in [3.05, 3.63) is 35.7 Å². The van der Waals surface area contributed by atoms with Gasteiger partial charge in [-0.2, -0.15) is 0 Å². The minimum atomic E-state index is -2.56. The van der Waals surface area contributed by atoms with Crippen LogP contribution in [0.4, 0.5) is 8.78 Å². The fourth-order valence-electron chi connectivity index (χ4n) is 2.67. The molecular weight excluding hydrogens is 392 g/mol. The minimum Gasteiger partial charge on any atom is -0.492 e. The monoisotopic (exact) mass is 411 g/mol. The summed E-state index contributed by atoms with van der Waals surface area (Å²) in [6.07, 6.45) is -1.04. The van der Waals surface area contributed by atoms with E-state index in [-0.39, 0.29) is 16.7 Å². The van der Waals surface area contributed by atoms with E-state index in [0.29, 0.717) is 28.2 Å². The number of imidazole rings is 1. The van der Waals surface area contributed by atoms with Crippen LogP contribution < -0.4 is 14.2 Å². The third kappa shape index (κ3) is 4.22. The fraction of sp³-hybridized carbons (Fsp3) is 0.333. The van der Waals surface area contributed by atoms with Crippen LogP contribution in [0.5, 0.6) is 17.2 Å². The van der Waals surface area contributed by atoms with Crippen molar-refractivity contribution in [2.75, 3.05) is 20.8 Å². The number of hydrogen-bond acceptors (Lipinski definition) is 6. The summed E-state index contributed by atoms with van der Waals surface area (Å²) in [6.45, 7) is 1.12. The second-order valence-electron chi connectivity index (χ2n) is 5.84. The van der Waals surface area contributed by atoms with E-state index in [2.05, 4.69) is 15.0 Å². The highest BCUT2D eigenvalue weighted by Gasteiger charge is 2.17. The maximum Gasteiger partial charge on any atom is 0.272 e. The van der Waals surface area contributed by atoms with E-state index in [1.165, 1.54) is 26.5 Å². The first kappa shape index (κ1) is 20.0. The van der Waals surface area contributed by atoms with Gasteiger partial charge in [0.2, 0.25) is 0 Å². The second kappa shape index (κ2) is 8.51. The van der Waals surface area contributed by atoms with Crippen molar-refractivity contribution in [2.24, 2.45) is 0 Å². The number of halogens is 2. The van der Waals surface area contributed by atoms with E-state index < -0.39 is 23.8 Å². The van der Waals surface area contributed by atoms with Gasteiger partial charge in [-0.1, -0.05) is 0 Å². The minimum absolute atomic E-state index is 0.126. The molecule has 150 valence electrons. The van der Waals surface area contributed by atoms with Crippen LogP contribution in [0.15, 0.2) is 29.6 Å². The van der Waals surface area contributed by atoms with Crippen molar-refractivity contribution >= 4 is 21.8 Å². The van der Waals surface area contributed by atoms with Crippen molar-refractivity contribution in [2.45, 2.75) is 24.3 Å². The third-order valence-electron chi connectivity index (χ3n) is 4.05. The fourth-order valence-corrected chi connectivity index (χ4v) is 3.77. The number of pyridine rings is 1. The molecule has 0 radical (unpaired) electrons. The van der Waals surface area contributed by atoms with E-state index in [9.17, 15) is 13.0 Å². The second-order valence-corrected chi connectivity index (χ2v) is 7.21. The predicted molar refractivity (Wildman–Crippen MR) is 99.8 cm³/mol. The van der Waals surface area contributed by atoms with Gasteiger partial charge in [-0.3, -0.25) is 9.19 Å². The number of benzene rings is 1. The Morgan fingerprint density at radius 3 is 2.71 bits per heavy atom.